The van der Waals surface area contributed by atoms with E-state index in [1.165, 1.54) is 32.1 Å². The van der Waals surface area contributed by atoms with Gasteiger partial charge in [-0.25, -0.2) is 0 Å². The van der Waals surface area contributed by atoms with Crippen molar-refractivity contribution in [2.75, 3.05) is 19.8 Å². The van der Waals surface area contributed by atoms with Gasteiger partial charge in [0.25, 0.3) is 0 Å². The molecule has 0 saturated heterocycles. The van der Waals surface area contributed by atoms with E-state index in [1.807, 2.05) is 0 Å². The third-order valence-corrected chi connectivity index (χ3v) is 2.57. The third kappa shape index (κ3) is 13.6. The Hall–Kier alpha value is -0.340. The van der Waals surface area contributed by atoms with E-state index < -0.39 is 0 Å². The molecule has 17 heavy (non-hydrogen) atoms. The first-order valence-electron chi connectivity index (χ1n) is 6.95. The first-order chi connectivity index (χ1) is 7.95. The van der Waals surface area contributed by atoms with Crippen LogP contribution in [0.25, 0.3) is 0 Å². The van der Waals surface area contributed by atoms with Crippen LogP contribution in [-0.2, 0) is 4.74 Å². The van der Waals surface area contributed by atoms with Crippen molar-refractivity contribution in [2.45, 2.75) is 65.3 Å². The molecule has 0 unspecified atom stereocenters. The van der Waals surface area contributed by atoms with Crippen molar-refractivity contribution in [2.24, 2.45) is 0 Å². The summed E-state index contributed by atoms with van der Waals surface area (Å²) in [4.78, 5) is 0. The van der Waals surface area contributed by atoms with E-state index in [0.717, 1.165) is 18.7 Å². The van der Waals surface area contributed by atoms with E-state index in [-0.39, 0.29) is 5.54 Å². The Balaban J connectivity index is 3.28. The normalized spacial score (nSPS) is 11.8. The van der Waals surface area contributed by atoms with Crippen LogP contribution in [0.4, 0.5) is 0 Å². The van der Waals surface area contributed by atoms with Gasteiger partial charge in [-0.05, 0) is 32.8 Å². The zero-order chi connectivity index (χ0) is 13.1. The van der Waals surface area contributed by atoms with Gasteiger partial charge in [0.05, 0.1) is 6.61 Å². The van der Waals surface area contributed by atoms with Gasteiger partial charge in [0.1, 0.15) is 0 Å². The minimum atomic E-state index is 0.156. The summed E-state index contributed by atoms with van der Waals surface area (Å²) in [6, 6.07) is 0. The molecule has 0 fully saturated rings. The lowest BCUT2D eigenvalue weighted by Gasteiger charge is -2.21. The average Bonchev–Trinajstić information content (AvgIpc) is 2.24. The molecule has 102 valence electrons. The molecule has 0 rings (SSSR count). The van der Waals surface area contributed by atoms with E-state index in [9.17, 15) is 0 Å². The molecule has 0 aliphatic carbocycles. The van der Waals surface area contributed by atoms with Crippen LogP contribution >= 0.6 is 0 Å². The molecule has 0 heterocycles. The highest BCUT2D eigenvalue weighted by Gasteiger charge is 2.08. The van der Waals surface area contributed by atoms with E-state index in [4.69, 9.17) is 4.74 Å². The topological polar surface area (TPSA) is 21.3 Å². The highest BCUT2D eigenvalue weighted by Crippen LogP contribution is 2.03. The van der Waals surface area contributed by atoms with Crippen LogP contribution in [0.15, 0.2) is 12.2 Å². The lowest BCUT2D eigenvalue weighted by molar-refractivity contribution is 0.149. The Labute approximate surface area is 108 Å². The Morgan fingerprint density at radius 1 is 1.12 bits per heavy atom. The van der Waals surface area contributed by atoms with E-state index >= 15 is 0 Å². The molecule has 0 saturated carbocycles. The van der Waals surface area contributed by atoms with Crippen LogP contribution in [-0.4, -0.2) is 25.3 Å². The minimum Gasteiger partial charge on any atom is -0.377 e. The molecule has 0 atom stereocenters. The first-order valence-corrected chi connectivity index (χ1v) is 6.95. The Kier molecular flexibility index (Phi) is 9.47. The third-order valence-electron chi connectivity index (χ3n) is 2.57. The van der Waals surface area contributed by atoms with Crippen LogP contribution in [0.3, 0.4) is 0 Å². The van der Waals surface area contributed by atoms with Gasteiger partial charge in [0.15, 0.2) is 0 Å². The van der Waals surface area contributed by atoms with Crippen LogP contribution in [0, 0.1) is 0 Å². The van der Waals surface area contributed by atoms with Crippen molar-refractivity contribution < 1.29 is 4.74 Å². The van der Waals surface area contributed by atoms with Crippen molar-refractivity contribution in [3.8, 4) is 0 Å². The summed E-state index contributed by atoms with van der Waals surface area (Å²) < 4.78 is 5.60. The molecule has 0 radical (unpaired) electrons. The Morgan fingerprint density at radius 2 is 1.76 bits per heavy atom. The number of unbranched alkanes of at least 4 members (excludes halogenated alkanes) is 4. The number of hydrogen-bond donors (Lipinski definition) is 1. The molecule has 0 bridgehead atoms. The molecule has 0 aliphatic rings. The smallest absolute Gasteiger partial charge is 0.0686 e. The maximum absolute atomic E-state index is 5.60. The molecule has 2 nitrogen and oxygen atoms in total. The second-order valence-electron chi connectivity index (χ2n) is 5.82. The predicted molar refractivity (Wildman–Crippen MR) is 76.5 cm³/mol. The maximum Gasteiger partial charge on any atom is 0.0686 e. The predicted octanol–water partition coefficient (Wildman–Crippen LogP) is 3.92. The highest BCUT2D eigenvalue weighted by molar-refractivity contribution is 4.98. The molecule has 0 aromatic rings. The van der Waals surface area contributed by atoms with Crippen LogP contribution in [0.2, 0.25) is 0 Å². The number of rotatable bonds is 10. The quantitative estimate of drug-likeness (QED) is 0.462. The van der Waals surface area contributed by atoms with Crippen LogP contribution in [0.1, 0.15) is 59.8 Å². The largest absolute Gasteiger partial charge is 0.377 e. The Morgan fingerprint density at radius 3 is 2.35 bits per heavy atom. The van der Waals surface area contributed by atoms with Gasteiger partial charge >= 0.3 is 0 Å². The molecule has 2 heteroatoms. The molecular weight excluding hydrogens is 210 g/mol. The fourth-order valence-corrected chi connectivity index (χ4v) is 1.47. The zero-order valence-corrected chi connectivity index (χ0v) is 12.3. The van der Waals surface area contributed by atoms with Crippen LogP contribution in [0.5, 0.6) is 0 Å². The number of hydrogen-bond acceptors (Lipinski definition) is 2. The van der Waals surface area contributed by atoms with Gasteiger partial charge in [-0.15, -0.1) is 0 Å². The van der Waals surface area contributed by atoms with Crippen molar-refractivity contribution >= 4 is 0 Å². The Bertz CT molecular complexity index is 194. The zero-order valence-electron chi connectivity index (χ0n) is 12.3. The van der Waals surface area contributed by atoms with Gasteiger partial charge in [-0.2, -0.15) is 0 Å². The fraction of sp³-hybridized carbons (Fsp3) is 0.867. The van der Waals surface area contributed by atoms with Crippen LogP contribution < -0.4 is 5.32 Å². The van der Waals surface area contributed by atoms with E-state index in [1.54, 1.807) is 0 Å². The molecule has 0 amide bonds. The van der Waals surface area contributed by atoms with Crippen molar-refractivity contribution in [3.63, 3.8) is 0 Å². The molecule has 0 aliphatic heterocycles. The number of nitrogens with one attached hydrogen (secondary N) is 1. The van der Waals surface area contributed by atoms with Crippen molar-refractivity contribution in [1.82, 2.24) is 5.32 Å². The average molecular weight is 241 g/mol. The highest BCUT2D eigenvalue weighted by atomic mass is 16.5. The fourth-order valence-electron chi connectivity index (χ4n) is 1.47. The second kappa shape index (κ2) is 9.67. The standard InChI is InChI=1S/C15H31NO/c1-6-7-8-9-10-11-17-13-14(2)12-16-15(3,4)5/h16H,2,6-13H2,1,3-5H3. The molecule has 1 N–H and O–H groups in total. The summed E-state index contributed by atoms with van der Waals surface area (Å²) in [6.45, 7) is 15.2. The summed E-state index contributed by atoms with van der Waals surface area (Å²) in [5, 5.41) is 3.41. The lowest BCUT2D eigenvalue weighted by atomic mass is 10.1. The summed E-state index contributed by atoms with van der Waals surface area (Å²) in [6.07, 6.45) is 6.46. The maximum atomic E-state index is 5.60. The van der Waals surface area contributed by atoms with Gasteiger partial charge in [0.2, 0.25) is 0 Å². The van der Waals surface area contributed by atoms with Gasteiger partial charge < -0.3 is 10.1 Å². The molecule has 0 aromatic heterocycles. The molecule has 0 spiro atoms. The minimum absolute atomic E-state index is 0.156. The second-order valence-corrected chi connectivity index (χ2v) is 5.82. The first kappa shape index (κ1) is 16.7. The van der Waals surface area contributed by atoms with Gasteiger partial charge in [-0.1, -0.05) is 39.2 Å². The van der Waals surface area contributed by atoms with Gasteiger partial charge in [-0.3, -0.25) is 0 Å². The van der Waals surface area contributed by atoms with E-state index in [0.29, 0.717) is 6.61 Å². The monoisotopic (exact) mass is 241 g/mol. The lowest BCUT2D eigenvalue weighted by Crippen LogP contribution is -2.37. The number of ether oxygens (including phenoxy) is 1. The molecule has 0 aromatic carbocycles. The summed E-state index contributed by atoms with van der Waals surface area (Å²) >= 11 is 0. The summed E-state index contributed by atoms with van der Waals surface area (Å²) in [5.74, 6) is 0. The van der Waals surface area contributed by atoms with E-state index in [2.05, 4.69) is 39.6 Å². The SMILES string of the molecule is C=C(CNC(C)(C)C)COCCCCCCC. The summed E-state index contributed by atoms with van der Waals surface area (Å²) in [5.41, 5.74) is 1.29. The van der Waals surface area contributed by atoms with Crippen molar-refractivity contribution in [1.29, 1.82) is 0 Å². The molecular formula is C15H31NO. The summed E-state index contributed by atoms with van der Waals surface area (Å²) in [7, 11) is 0. The van der Waals surface area contributed by atoms with Crippen molar-refractivity contribution in [3.05, 3.63) is 12.2 Å². The van der Waals surface area contributed by atoms with Gasteiger partial charge in [0, 0.05) is 18.7 Å².